The lowest BCUT2D eigenvalue weighted by Crippen LogP contribution is -2.17. The molecule has 0 saturated carbocycles. The standard InChI is InChI=1S/C83H139ClN6O30S/c1-71-72(2)121-83-80(71)81(74-4-6-75(84)7-5-74)87-78(82-89-88-73(3)90(82)83)70-79(91)86-76-8-10-77(11-9-76)120-69-68-119-67-66-118-65-64-117-63-62-116-61-60-115-59-58-114-57-56-113-55-54-112-53-52-111-51-50-110-49-48-109-47-46-108-45-44-107-43-42-106-41-40-105-39-38-104-37-36-103-35-34-102-33-32-101-31-30-100-29-28-99-27-26-98-25-24-97-23-22-96-21-20-95-19-18-94-17-16-93-15-14-92-13-12-85/h4-11,78H,12-70,85H2,1-3H3,(H,86,91)/t78-/m0/s1. The number of aliphatic imine (C=N–C) groups is 1. The zero-order valence-corrected chi connectivity index (χ0v) is 73.4. The molecule has 4 aromatic rings. The number of halogens is 1. The SMILES string of the molecule is Cc1sc2c(c1C)C(c1ccc(Cl)cc1)=N[C@@H](CC(=O)Nc1ccc(OCCOCCOCCOCCOCCOCCOCCOCCOCCOCCOCCOCCOCCOCCOCCOCCOCCOCCOCCOCCOCCOCCOCCOCCOCCOCCOCCOCCOCCN)cc1)c1nnc(C)n1-2. The number of hydrogen-bond acceptors (Lipinski definition) is 35. The number of nitrogens with two attached hydrogens (primary N) is 1. The van der Waals surface area contributed by atoms with Crippen molar-refractivity contribution < 1.29 is 142 Å². The molecule has 0 fully saturated rings. The van der Waals surface area contributed by atoms with Gasteiger partial charge < -0.3 is 148 Å². The summed E-state index contributed by atoms with van der Waals surface area (Å²) in [5.74, 6) is 1.79. The second-order valence-electron chi connectivity index (χ2n) is 26.0. The molecule has 0 aliphatic carbocycles. The molecule has 694 valence electrons. The van der Waals surface area contributed by atoms with Gasteiger partial charge in [-0.1, -0.05) is 23.7 Å². The summed E-state index contributed by atoms with van der Waals surface area (Å²) in [7, 11) is 0. The van der Waals surface area contributed by atoms with Gasteiger partial charge in [0.2, 0.25) is 5.91 Å². The normalized spacial score (nSPS) is 12.7. The van der Waals surface area contributed by atoms with E-state index < -0.39 is 6.04 Å². The highest BCUT2D eigenvalue weighted by Gasteiger charge is 2.33. The fraction of sp³-hybridized carbons (Fsp3) is 0.759. The number of aromatic nitrogens is 3. The lowest BCUT2D eigenvalue weighted by Gasteiger charge is -2.13. The van der Waals surface area contributed by atoms with Crippen LogP contribution in [0, 0.1) is 20.8 Å². The summed E-state index contributed by atoms with van der Waals surface area (Å²) < 4.78 is 163. The van der Waals surface area contributed by atoms with Crippen molar-refractivity contribution in [3.8, 4) is 10.8 Å². The molecule has 121 heavy (non-hydrogen) atoms. The number of aryl methyl sites for hydroxylation is 2. The molecule has 38 heteroatoms. The highest BCUT2D eigenvalue weighted by Crippen LogP contribution is 2.40. The van der Waals surface area contributed by atoms with Crippen LogP contribution in [0.4, 0.5) is 5.69 Å². The van der Waals surface area contributed by atoms with Gasteiger partial charge in [0.15, 0.2) is 5.82 Å². The minimum Gasteiger partial charge on any atom is -0.491 e. The van der Waals surface area contributed by atoms with Gasteiger partial charge in [-0.05, 0) is 62.7 Å². The number of carbonyl (C=O) groups excluding carboxylic acids is 1. The van der Waals surface area contributed by atoms with Crippen LogP contribution in [-0.4, -0.2) is 410 Å². The second kappa shape index (κ2) is 78.8. The number of rotatable bonds is 91. The third kappa shape index (κ3) is 57.6. The molecule has 1 aliphatic rings. The van der Waals surface area contributed by atoms with Crippen molar-refractivity contribution in [2.45, 2.75) is 33.2 Å². The van der Waals surface area contributed by atoms with E-state index in [0.29, 0.717) is 405 Å². The number of thiophene rings is 1. The molecule has 5 rings (SSSR count). The van der Waals surface area contributed by atoms with Crippen LogP contribution >= 0.6 is 22.9 Å². The van der Waals surface area contributed by atoms with E-state index in [1.54, 1.807) is 23.5 Å². The Kier molecular flexibility index (Phi) is 69.6. The number of ether oxygens (including phenoxy) is 29. The first-order valence-electron chi connectivity index (χ1n) is 42.1. The number of carbonyl (C=O) groups is 1. The van der Waals surface area contributed by atoms with Crippen LogP contribution in [0.3, 0.4) is 0 Å². The average Bonchev–Trinajstić information content (AvgIpc) is 1.59. The maximum Gasteiger partial charge on any atom is 0.227 e. The monoisotopic (exact) mass is 1770 g/mol. The Bertz CT molecular complexity index is 3030. The molecule has 36 nitrogen and oxygen atoms in total. The van der Waals surface area contributed by atoms with Crippen LogP contribution in [0.25, 0.3) is 5.00 Å². The molecule has 2 aromatic heterocycles. The molecule has 1 atom stereocenters. The Labute approximate surface area is 723 Å². The Morgan fingerprint density at radius 3 is 0.851 bits per heavy atom. The maximum absolute atomic E-state index is 13.6. The fourth-order valence-corrected chi connectivity index (χ4v) is 11.8. The van der Waals surface area contributed by atoms with E-state index in [2.05, 4.69) is 29.4 Å². The Morgan fingerprint density at radius 1 is 0.347 bits per heavy atom. The Hall–Kier alpha value is -4.65. The first-order chi connectivity index (χ1) is 59.9. The second-order valence-corrected chi connectivity index (χ2v) is 27.6. The van der Waals surface area contributed by atoms with Crippen LogP contribution < -0.4 is 15.8 Å². The summed E-state index contributed by atoms with van der Waals surface area (Å²) in [6.45, 7) is 33.7. The molecule has 0 radical (unpaired) electrons. The van der Waals surface area contributed by atoms with E-state index >= 15 is 0 Å². The van der Waals surface area contributed by atoms with E-state index in [9.17, 15) is 4.79 Å². The molecular formula is C83H139ClN6O30S. The lowest BCUT2D eigenvalue weighted by atomic mass is 9.99. The smallest absolute Gasteiger partial charge is 0.227 e. The molecule has 0 saturated heterocycles. The molecule has 1 amide bonds. The highest BCUT2D eigenvalue weighted by molar-refractivity contribution is 7.15. The number of hydrogen-bond donors (Lipinski definition) is 2. The van der Waals surface area contributed by atoms with Crippen molar-refractivity contribution in [1.82, 2.24) is 14.8 Å². The zero-order chi connectivity index (χ0) is 85.5. The van der Waals surface area contributed by atoms with E-state index in [1.807, 2.05) is 47.9 Å². The van der Waals surface area contributed by atoms with Gasteiger partial charge in [-0.3, -0.25) is 14.4 Å². The topological polar surface area (TPSA) is 366 Å². The van der Waals surface area contributed by atoms with Gasteiger partial charge in [0.05, 0.1) is 382 Å². The van der Waals surface area contributed by atoms with E-state index in [0.717, 1.165) is 33.2 Å². The molecule has 2 aromatic carbocycles. The number of anilines is 1. The van der Waals surface area contributed by atoms with Crippen molar-refractivity contribution in [1.29, 1.82) is 0 Å². The predicted octanol–water partition coefficient (Wildman–Crippen LogP) is 5.63. The van der Waals surface area contributed by atoms with Gasteiger partial charge in [0, 0.05) is 33.3 Å². The number of amides is 1. The fourth-order valence-electron chi connectivity index (χ4n) is 10.5. The van der Waals surface area contributed by atoms with Gasteiger partial charge in [-0.25, -0.2) is 0 Å². The number of benzene rings is 2. The van der Waals surface area contributed by atoms with Gasteiger partial charge in [-0.15, -0.1) is 21.5 Å². The number of fused-ring (bicyclic) bond motifs is 3. The van der Waals surface area contributed by atoms with Crippen molar-refractivity contribution in [2.24, 2.45) is 10.7 Å². The maximum atomic E-state index is 13.6. The lowest BCUT2D eigenvalue weighted by molar-refractivity contribution is -0.116. The minimum atomic E-state index is -0.580. The number of nitrogens with zero attached hydrogens (tertiary/aromatic N) is 4. The Morgan fingerprint density at radius 2 is 0.595 bits per heavy atom. The van der Waals surface area contributed by atoms with Crippen LogP contribution in [0.5, 0.6) is 5.75 Å². The summed E-state index contributed by atoms with van der Waals surface area (Å²) >= 11 is 7.93. The van der Waals surface area contributed by atoms with Crippen LogP contribution in [0.1, 0.15) is 45.7 Å². The van der Waals surface area contributed by atoms with Gasteiger partial charge in [0.1, 0.15) is 29.2 Å². The predicted molar refractivity (Wildman–Crippen MR) is 450 cm³/mol. The number of nitrogens with one attached hydrogen (secondary N) is 1. The largest absolute Gasteiger partial charge is 0.491 e. The third-order valence-corrected chi connectivity index (χ3v) is 18.1. The quantitative estimate of drug-likeness (QED) is 0.0506. The first kappa shape index (κ1) is 107. The third-order valence-electron chi connectivity index (χ3n) is 16.7. The molecule has 3 N–H and O–H groups in total. The summed E-state index contributed by atoms with van der Waals surface area (Å²) in [6, 6.07) is 14.2. The van der Waals surface area contributed by atoms with E-state index in [1.165, 1.54) is 4.88 Å². The van der Waals surface area contributed by atoms with Crippen LogP contribution in [0.2, 0.25) is 5.02 Å². The summed E-state index contributed by atoms with van der Waals surface area (Å²) in [6.07, 6.45) is 0.0627. The summed E-state index contributed by atoms with van der Waals surface area (Å²) in [4.78, 5) is 19.9. The van der Waals surface area contributed by atoms with E-state index in [4.69, 9.17) is 160 Å². The summed E-state index contributed by atoms with van der Waals surface area (Å²) in [5.41, 5.74) is 9.83. The van der Waals surface area contributed by atoms with Crippen molar-refractivity contribution >= 4 is 40.2 Å². The first-order valence-corrected chi connectivity index (χ1v) is 43.3. The van der Waals surface area contributed by atoms with Crippen molar-refractivity contribution in [3.05, 3.63) is 86.8 Å². The van der Waals surface area contributed by atoms with Gasteiger partial charge >= 0.3 is 0 Å². The molecule has 0 spiro atoms. The van der Waals surface area contributed by atoms with Gasteiger partial charge in [0.25, 0.3) is 0 Å². The molecule has 1 aliphatic heterocycles. The van der Waals surface area contributed by atoms with Crippen LogP contribution in [0.15, 0.2) is 53.5 Å². The van der Waals surface area contributed by atoms with Crippen LogP contribution in [-0.2, 0) is 137 Å². The zero-order valence-electron chi connectivity index (χ0n) is 71.8. The minimum absolute atomic E-state index is 0.0627. The molecular weight excluding hydrogens is 1630 g/mol. The van der Waals surface area contributed by atoms with Gasteiger partial charge in [-0.2, -0.15) is 0 Å². The molecule has 0 unspecified atom stereocenters. The average molecular weight is 1770 g/mol. The van der Waals surface area contributed by atoms with Crippen molar-refractivity contribution in [2.75, 3.05) is 388 Å². The molecule has 0 bridgehead atoms. The molecule has 3 heterocycles. The highest BCUT2D eigenvalue weighted by atomic mass is 35.5. The Balaban J connectivity index is 0.616. The van der Waals surface area contributed by atoms with Crippen molar-refractivity contribution in [3.63, 3.8) is 0 Å². The summed E-state index contributed by atoms with van der Waals surface area (Å²) in [5, 5.41) is 13.5. The van der Waals surface area contributed by atoms with E-state index in [-0.39, 0.29) is 12.3 Å².